The number of thiophene rings is 1. The summed E-state index contributed by atoms with van der Waals surface area (Å²) in [7, 11) is 2.01. The van der Waals surface area contributed by atoms with Crippen LogP contribution < -0.4 is 5.32 Å². The maximum atomic E-state index is 6.06. The van der Waals surface area contributed by atoms with Crippen molar-refractivity contribution in [3.8, 4) is 0 Å². The lowest BCUT2D eigenvalue weighted by Crippen LogP contribution is -2.22. The molecule has 2 atom stereocenters. The molecule has 0 saturated carbocycles. The lowest BCUT2D eigenvalue weighted by Gasteiger charge is -2.21. The van der Waals surface area contributed by atoms with E-state index in [0.717, 1.165) is 8.81 Å². The third-order valence-electron chi connectivity index (χ3n) is 2.59. The smallest absolute Gasteiger partial charge is 0.107 e. The van der Waals surface area contributed by atoms with E-state index in [-0.39, 0.29) is 0 Å². The van der Waals surface area contributed by atoms with Crippen molar-refractivity contribution in [3.63, 3.8) is 0 Å². The fourth-order valence-corrected chi connectivity index (χ4v) is 3.83. The third-order valence-corrected chi connectivity index (χ3v) is 5.15. The molecule has 1 rings (SSSR count). The van der Waals surface area contributed by atoms with Crippen LogP contribution in [0.15, 0.2) is 10.5 Å². The first-order valence-corrected chi connectivity index (χ1v) is 7.20. The van der Waals surface area contributed by atoms with Crippen molar-refractivity contribution in [1.82, 2.24) is 5.32 Å². The molecule has 0 spiro atoms. The number of halogens is 2. The van der Waals surface area contributed by atoms with Crippen LogP contribution in [0, 0.1) is 5.92 Å². The fraction of sp³-hybridized carbons (Fsp3) is 0.636. The van der Waals surface area contributed by atoms with E-state index < -0.39 is 0 Å². The van der Waals surface area contributed by atoms with Crippen LogP contribution in [0.2, 0.25) is 4.34 Å². The Morgan fingerprint density at radius 2 is 2.27 bits per heavy atom. The van der Waals surface area contributed by atoms with Gasteiger partial charge in [-0.05, 0) is 41.4 Å². The van der Waals surface area contributed by atoms with E-state index >= 15 is 0 Å². The molecule has 1 aromatic rings. The highest BCUT2D eigenvalue weighted by atomic mass is 79.9. The molecule has 1 aromatic heterocycles. The Hall–Kier alpha value is 0.430. The summed E-state index contributed by atoms with van der Waals surface area (Å²) in [5.74, 6) is 0.640. The number of rotatable bonds is 5. The van der Waals surface area contributed by atoms with E-state index in [9.17, 15) is 0 Å². The van der Waals surface area contributed by atoms with Crippen LogP contribution in [0.4, 0.5) is 0 Å². The van der Waals surface area contributed by atoms with Gasteiger partial charge in [0.2, 0.25) is 0 Å². The van der Waals surface area contributed by atoms with Crippen LogP contribution in [0.1, 0.15) is 37.6 Å². The molecule has 0 aliphatic carbocycles. The van der Waals surface area contributed by atoms with Gasteiger partial charge in [0.1, 0.15) is 4.34 Å². The molecule has 86 valence electrons. The Balaban J connectivity index is 2.82. The SMILES string of the molecule is CCCC(C)C(NC)c1cc(Br)c(Cl)s1. The summed E-state index contributed by atoms with van der Waals surface area (Å²) < 4.78 is 1.85. The van der Waals surface area contributed by atoms with Crippen molar-refractivity contribution in [2.24, 2.45) is 5.92 Å². The highest BCUT2D eigenvalue weighted by molar-refractivity contribution is 9.10. The average Bonchev–Trinajstić information content (AvgIpc) is 2.48. The molecule has 0 amide bonds. The Morgan fingerprint density at radius 1 is 1.60 bits per heavy atom. The Morgan fingerprint density at radius 3 is 2.67 bits per heavy atom. The average molecular weight is 311 g/mol. The first-order chi connectivity index (χ1) is 7.10. The monoisotopic (exact) mass is 309 g/mol. The molecule has 0 aliphatic rings. The second kappa shape index (κ2) is 6.24. The minimum atomic E-state index is 0.416. The molecule has 2 unspecified atom stereocenters. The zero-order valence-corrected chi connectivity index (χ0v) is 12.5. The molecule has 0 aromatic carbocycles. The van der Waals surface area contributed by atoms with E-state index in [1.807, 2.05) is 7.05 Å². The van der Waals surface area contributed by atoms with Gasteiger partial charge in [0.25, 0.3) is 0 Å². The van der Waals surface area contributed by atoms with E-state index in [4.69, 9.17) is 11.6 Å². The van der Waals surface area contributed by atoms with E-state index in [2.05, 4.69) is 41.2 Å². The molecule has 0 bridgehead atoms. The minimum absolute atomic E-state index is 0.416. The molecule has 15 heavy (non-hydrogen) atoms. The van der Waals surface area contributed by atoms with Crippen molar-refractivity contribution in [1.29, 1.82) is 0 Å². The number of hydrogen-bond acceptors (Lipinski definition) is 2. The number of hydrogen-bond donors (Lipinski definition) is 1. The zero-order chi connectivity index (χ0) is 11.4. The van der Waals surface area contributed by atoms with Gasteiger partial charge in [-0.15, -0.1) is 11.3 Å². The molecule has 1 nitrogen and oxygen atoms in total. The van der Waals surface area contributed by atoms with Crippen LogP contribution in [0.3, 0.4) is 0 Å². The normalized spacial score (nSPS) is 15.3. The number of nitrogens with one attached hydrogen (secondary N) is 1. The van der Waals surface area contributed by atoms with Gasteiger partial charge in [0, 0.05) is 15.4 Å². The molecule has 0 aliphatic heterocycles. The molecule has 0 fully saturated rings. The molecular formula is C11H17BrClNS. The fourth-order valence-electron chi connectivity index (χ4n) is 1.85. The molecule has 0 saturated heterocycles. The van der Waals surface area contributed by atoms with Crippen molar-refractivity contribution in [3.05, 3.63) is 19.8 Å². The predicted octanol–water partition coefficient (Wildman–Crippen LogP) is 4.86. The van der Waals surface area contributed by atoms with Crippen LogP contribution >= 0.6 is 38.9 Å². The van der Waals surface area contributed by atoms with Gasteiger partial charge in [-0.25, -0.2) is 0 Å². The minimum Gasteiger partial charge on any atom is -0.312 e. The summed E-state index contributed by atoms with van der Waals surface area (Å²) in [6.07, 6.45) is 2.46. The van der Waals surface area contributed by atoms with Crippen molar-refractivity contribution in [2.45, 2.75) is 32.7 Å². The van der Waals surface area contributed by atoms with E-state index in [1.54, 1.807) is 11.3 Å². The largest absolute Gasteiger partial charge is 0.312 e. The zero-order valence-electron chi connectivity index (χ0n) is 9.31. The van der Waals surface area contributed by atoms with Crippen LogP contribution in [0.25, 0.3) is 0 Å². The topological polar surface area (TPSA) is 12.0 Å². The Kier molecular flexibility index (Phi) is 5.61. The molecule has 1 heterocycles. The van der Waals surface area contributed by atoms with E-state index in [0.29, 0.717) is 12.0 Å². The van der Waals surface area contributed by atoms with Crippen molar-refractivity contribution in [2.75, 3.05) is 7.05 Å². The second-order valence-corrected chi connectivity index (χ2v) is 6.34. The van der Waals surface area contributed by atoms with Gasteiger partial charge in [-0.1, -0.05) is 31.9 Å². The van der Waals surface area contributed by atoms with Gasteiger partial charge in [-0.2, -0.15) is 0 Å². The van der Waals surface area contributed by atoms with Gasteiger partial charge in [0.15, 0.2) is 0 Å². The van der Waals surface area contributed by atoms with E-state index in [1.165, 1.54) is 17.7 Å². The lowest BCUT2D eigenvalue weighted by molar-refractivity contribution is 0.389. The summed E-state index contributed by atoms with van der Waals surface area (Å²) in [6, 6.07) is 2.54. The molecule has 0 radical (unpaired) electrons. The Bertz CT molecular complexity index is 294. The van der Waals surface area contributed by atoms with Gasteiger partial charge >= 0.3 is 0 Å². The lowest BCUT2D eigenvalue weighted by atomic mass is 9.96. The van der Waals surface area contributed by atoms with Gasteiger partial charge < -0.3 is 5.32 Å². The van der Waals surface area contributed by atoms with Crippen LogP contribution in [-0.4, -0.2) is 7.05 Å². The summed E-state index contributed by atoms with van der Waals surface area (Å²) in [5, 5.41) is 3.37. The first kappa shape index (κ1) is 13.5. The summed E-state index contributed by atoms with van der Waals surface area (Å²) in [6.45, 7) is 4.51. The maximum absolute atomic E-state index is 6.06. The van der Waals surface area contributed by atoms with Gasteiger partial charge in [0.05, 0.1) is 0 Å². The maximum Gasteiger partial charge on any atom is 0.107 e. The third kappa shape index (κ3) is 3.45. The second-order valence-electron chi connectivity index (χ2n) is 3.80. The summed E-state index contributed by atoms with van der Waals surface area (Å²) in [4.78, 5) is 1.32. The molecule has 1 N–H and O–H groups in total. The van der Waals surface area contributed by atoms with Gasteiger partial charge in [-0.3, -0.25) is 0 Å². The highest BCUT2D eigenvalue weighted by Crippen LogP contribution is 2.38. The van der Waals surface area contributed by atoms with Crippen molar-refractivity contribution < 1.29 is 0 Å². The molecule has 4 heteroatoms. The molecular weight excluding hydrogens is 294 g/mol. The predicted molar refractivity (Wildman–Crippen MR) is 72.9 cm³/mol. The quantitative estimate of drug-likeness (QED) is 0.819. The highest BCUT2D eigenvalue weighted by Gasteiger charge is 2.19. The Labute approximate surface area is 109 Å². The van der Waals surface area contributed by atoms with Crippen molar-refractivity contribution >= 4 is 38.9 Å². The standard InChI is InChI=1S/C11H17BrClNS/c1-4-5-7(2)10(14-3)9-6-8(12)11(13)15-9/h6-7,10,14H,4-5H2,1-3H3. The summed E-state index contributed by atoms with van der Waals surface area (Å²) in [5.41, 5.74) is 0. The van der Waals surface area contributed by atoms with Crippen LogP contribution in [0.5, 0.6) is 0 Å². The van der Waals surface area contributed by atoms with Crippen LogP contribution in [-0.2, 0) is 0 Å². The first-order valence-electron chi connectivity index (χ1n) is 5.22. The summed E-state index contributed by atoms with van der Waals surface area (Å²) >= 11 is 11.2.